The van der Waals surface area contributed by atoms with Gasteiger partial charge in [0.1, 0.15) is 17.7 Å². The fraction of sp³-hybridized carbons (Fsp3) is 0.583. The number of nitrogens with two attached hydrogens (primary N) is 1. The molecule has 0 aromatic carbocycles. The minimum Gasteiger partial charge on any atom is -0.368 e. The smallest absolute Gasteiger partial charge is 0.223 e. The van der Waals surface area contributed by atoms with Gasteiger partial charge in [-0.1, -0.05) is 11.6 Å². The third kappa shape index (κ3) is 1.98. The summed E-state index contributed by atoms with van der Waals surface area (Å²) in [6, 6.07) is 0. The molecule has 0 radical (unpaired) electrons. The largest absolute Gasteiger partial charge is 0.368 e. The van der Waals surface area contributed by atoms with Crippen molar-refractivity contribution in [3.8, 4) is 0 Å². The lowest BCUT2D eigenvalue weighted by Crippen LogP contribution is -2.27. The Morgan fingerprint density at radius 3 is 3.00 bits per heavy atom. The van der Waals surface area contributed by atoms with E-state index in [1.165, 1.54) is 0 Å². The molecule has 2 aromatic rings. The number of hydrogen-bond donors (Lipinski definition) is 1. The zero-order chi connectivity index (χ0) is 14.8. The van der Waals surface area contributed by atoms with Gasteiger partial charge in [-0.25, -0.2) is 4.98 Å². The van der Waals surface area contributed by atoms with Crippen LogP contribution in [0.1, 0.15) is 20.1 Å². The second kappa shape index (κ2) is 4.26. The molecule has 2 aliphatic rings. The zero-order valence-electron chi connectivity index (χ0n) is 11.5. The van der Waals surface area contributed by atoms with E-state index in [1.807, 2.05) is 13.8 Å². The van der Waals surface area contributed by atoms with Crippen LogP contribution >= 0.6 is 11.6 Å². The molecule has 2 saturated heterocycles. The molecular weight excluding hydrogens is 298 g/mol. The summed E-state index contributed by atoms with van der Waals surface area (Å²) in [6.45, 7) is 4.21. The van der Waals surface area contributed by atoms with E-state index in [0.29, 0.717) is 17.8 Å². The van der Waals surface area contributed by atoms with Crippen LogP contribution in [0.4, 0.5) is 5.95 Å². The highest BCUT2D eigenvalue weighted by Crippen LogP contribution is 2.40. The van der Waals surface area contributed by atoms with Gasteiger partial charge in [0.15, 0.2) is 22.8 Å². The summed E-state index contributed by atoms with van der Waals surface area (Å²) < 4.78 is 19.2. The standard InChI is InChI=1S/C12H14ClN5O3/c1-12(2)20-5-3-19-10(7(5)21-12)18-4-15-6-8(13)16-11(14)17-9(6)18/h4-5,7,10H,3H2,1-2H3,(H2,14,16,17)/t5-,7-,10+/m0/s1. The number of ether oxygens (including phenoxy) is 3. The molecule has 4 heterocycles. The molecule has 0 unspecified atom stereocenters. The summed E-state index contributed by atoms with van der Waals surface area (Å²) in [6.07, 6.45) is 0.878. The number of aromatic nitrogens is 4. The number of nitrogen functional groups attached to an aromatic ring is 1. The van der Waals surface area contributed by atoms with Crippen molar-refractivity contribution < 1.29 is 14.2 Å². The van der Waals surface area contributed by atoms with Gasteiger partial charge in [0.25, 0.3) is 0 Å². The minimum atomic E-state index is -0.626. The lowest BCUT2D eigenvalue weighted by molar-refractivity contribution is -0.183. The van der Waals surface area contributed by atoms with Crippen LogP contribution < -0.4 is 5.73 Å². The molecule has 0 spiro atoms. The van der Waals surface area contributed by atoms with Gasteiger partial charge in [-0.05, 0) is 13.8 Å². The van der Waals surface area contributed by atoms with Gasteiger partial charge < -0.3 is 19.9 Å². The van der Waals surface area contributed by atoms with Crippen molar-refractivity contribution in [2.24, 2.45) is 0 Å². The van der Waals surface area contributed by atoms with Crippen molar-refractivity contribution in [3.05, 3.63) is 11.5 Å². The van der Waals surface area contributed by atoms with Gasteiger partial charge in [0, 0.05) is 0 Å². The van der Waals surface area contributed by atoms with Crippen LogP contribution in [0.3, 0.4) is 0 Å². The van der Waals surface area contributed by atoms with Crippen LogP contribution in [0.2, 0.25) is 5.15 Å². The summed E-state index contributed by atoms with van der Waals surface area (Å²) in [5, 5.41) is 0.217. The van der Waals surface area contributed by atoms with E-state index >= 15 is 0 Å². The Labute approximate surface area is 125 Å². The van der Waals surface area contributed by atoms with Gasteiger partial charge in [0.2, 0.25) is 5.95 Å². The Hall–Kier alpha value is -1.48. The molecular formula is C12H14ClN5O3. The van der Waals surface area contributed by atoms with Crippen molar-refractivity contribution >= 4 is 28.7 Å². The molecule has 2 aromatic heterocycles. The predicted octanol–water partition coefficient (Wildman–Crippen LogP) is 1.11. The average Bonchev–Trinajstić information content (AvgIpc) is 3.00. The maximum absolute atomic E-state index is 6.04. The van der Waals surface area contributed by atoms with Crippen molar-refractivity contribution in [2.75, 3.05) is 12.3 Å². The highest BCUT2D eigenvalue weighted by molar-refractivity contribution is 6.33. The van der Waals surface area contributed by atoms with Gasteiger partial charge in [0.05, 0.1) is 12.9 Å². The minimum absolute atomic E-state index is 0.0905. The molecule has 9 heteroatoms. The Kier molecular flexibility index (Phi) is 2.68. The van der Waals surface area contributed by atoms with E-state index in [-0.39, 0.29) is 29.5 Å². The SMILES string of the molecule is CC1(C)O[C@H]2[C@H](CO[C@H]2n2cnc3c(Cl)nc(N)nc32)O1. The van der Waals surface area contributed by atoms with Gasteiger partial charge >= 0.3 is 0 Å². The van der Waals surface area contributed by atoms with Crippen LogP contribution in [0.5, 0.6) is 0 Å². The molecule has 0 amide bonds. The molecule has 112 valence electrons. The first-order valence-electron chi connectivity index (χ1n) is 6.57. The van der Waals surface area contributed by atoms with Crippen molar-refractivity contribution in [1.82, 2.24) is 19.5 Å². The highest BCUT2D eigenvalue weighted by Gasteiger charge is 2.51. The molecule has 8 nitrogen and oxygen atoms in total. The summed E-state index contributed by atoms with van der Waals surface area (Å²) in [5.41, 5.74) is 6.66. The second-order valence-electron chi connectivity index (χ2n) is 5.56. The van der Waals surface area contributed by atoms with E-state index in [0.717, 1.165) is 0 Å². The topological polar surface area (TPSA) is 97.3 Å². The third-order valence-electron chi connectivity index (χ3n) is 3.60. The van der Waals surface area contributed by atoms with Crippen LogP contribution in [0.15, 0.2) is 6.33 Å². The van der Waals surface area contributed by atoms with Crippen molar-refractivity contribution in [3.63, 3.8) is 0 Å². The van der Waals surface area contributed by atoms with Crippen molar-refractivity contribution in [2.45, 2.75) is 38.1 Å². The van der Waals surface area contributed by atoms with Gasteiger partial charge in [-0.3, -0.25) is 4.57 Å². The van der Waals surface area contributed by atoms with E-state index in [1.54, 1.807) is 10.9 Å². The lowest BCUT2D eigenvalue weighted by Gasteiger charge is -2.22. The molecule has 2 aliphatic heterocycles. The summed E-state index contributed by atoms with van der Waals surface area (Å²) in [7, 11) is 0. The molecule has 3 atom stereocenters. The monoisotopic (exact) mass is 311 g/mol. The second-order valence-corrected chi connectivity index (χ2v) is 5.92. The van der Waals surface area contributed by atoms with Crippen molar-refractivity contribution in [1.29, 1.82) is 0 Å². The summed E-state index contributed by atoms with van der Waals surface area (Å²) in [4.78, 5) is 12.3. The number of imidazole rings is 1. The van der Waals surface area contributed by atoms with E-state index in [2.05, 4.69) is 15.0 Å². The van der Waals surface area contributed by atoms with E-state index in [4.69, 9.17) is 31.5 Å². The van der Waals surface area contributed by atoms with Crippen LogP contribution in [-0.4, -0.2) is 44.1 Å². The number of halogens is 1. The predicted molar refractivity (Wildman–Crippen MR) is 73.6 cm³/mol. The molecule has 21 heavy (non-hydrogen) atoms. The molecule has 0 saturated carbocycles. The fourth-order valence-corrected chi connectivity index (χ4v) is 3.06. The first-order chi connectivity index (χ1) is 9.94. The maximum Gasteiger partial charge on any atom is 0.223 e. The number of rotatable bonds is 1. The lowest BCUT2D eigenvalue weighted by atomic mass is 10.2. The Balaban J connectivity index is 1.77. The van der Waals surface area contributed by atoms with Crippen LogP contribution in [0.25, 0.3) is 11.2 Å². The van der Waals surface area contributed by atoms with E-state index < -0.39 is 5.79 Å². The third-order valence-corrected chi connectivity index (χ3v) is 3.87. The maximum atomic E-state index is 6.04. The fourth-order valence-electron chi connectivity index (χ4n) is 2.84. The Bertz CT molecular complexity index is 718. The first kappa shape index (κ1) is 13.2. The van der Waals surface area contributed by atoms with Gasteiger partial charge in [-0.15, -0.1) is 0 Å². The Morgan fingerprint density at radius 2 is 2.19 bits per heavy atom. The molecule has 0 aliphatic carbocycles. The molecule has 0 bridgehead atoms. The number of fused-ring (bicyclic) bond motifs is 2. The first-order valence-corrected chi connectivity index (χ1v) is 6.95. The van der Waals surface area contributed by atoms with Crippen LogP contribution in [-0.2, 0) is 14.2 Å². The van der Waals surface area contributed by atoms with E-state index in [9.17, 15) is 0 Å². The highest BCUT2D eigenvalue weighted by atomic mass is 35.5. The summed E-state index contributed by atoms with van der Waals surface area (Å²) >= 11 is 6.04. The number of nitrogens with zero attached hydrogens (tertiary/aromatic N) is 4. The normalized spacial score (nSPS) is 30.9. The number of hydrogen-bond acceptors (Lipinski definition) is 7. The zero-order valence-corrected chi connectivity index (χ0v) is 12.2. The van der Waals surface area contributed by atoms with Gasteiger partial charge in [-0.2, -0.15) is 9.97 Å². The Morgan fingerprint density at radius 1 is 1.38 bits per heavy atom. The summed E-state index contributed by atoms with van der Waals surface area (Å²) in [5.74, 6) is -0.535. The average molecular weight is 312 g/mol. The number of anilines is 1. The van der Waals surface area contributed by atoms with Crippen LogP contribution in [0, 0.1) is 0 Å². The molecule has 4 rings (SSSR count). The molecule has 2 fully saturated rings. The molecule has 2 N–H and O–H groups in total. The quantitative estimate of drug-likeness (QED) is 0.788.